The Kier molecular flexibility index (Phi) is 3.47. The highest BCUT2D eigenvalue weighted by Gasteiger charge is 2.14. The third-order valence-electron chi connectivity index (χ3n) is 3.18. The summed E-state index contributed by atoms with van der Waals surface area (Å²) in [6.45, 7) is 1.89. The molecule has 6 heteroatoms. The summed E-state index contributed by atoms with van der Waals surface area (Å²) in [6.07, 6.45) is 1.84. The van der Waals surface area contributed by atoms with Crippen molar-refractivity contribution in [3.8, 4) is 22.6 Å². The number of hydrogen-bond donors (Lipinski definition) is 1. The predicted octanol–water partition coefficient (Wildman–Crippen LogP) is 2.91. The molecule has 2 aromatic heterocycles. The van der Waals surface area contributed by atoms with E-state index in [2.05, 4.69) is 31.0 Å². The molecular formula is C15H13BrN4O. The predicted molar refractivity (Wildman–Crippen MR) is 84.9 cm³/mol. The quantitative estimate of drug-likeness (QED) is 0.777. The number of nitrogens with zero attached hydrogens (tertiary/aromatic N) is 3. The smallest absolute Gasteiger partial charge is 0.266 e. The zero-order valence-corrected chi connectivity index (χ0v) is 13.2. The number of nitrogens with one attached hydrogen (secondary N) is 1. The monoisotopic (exact) mass is 344 g/mol. The molecule has 0 saturated carbocycles. The Bertz CT molecular complexity index is 852. The van der Waals surface area contributed by atoms with Crippen molar-refractivity contribution in [3.05, 3.63) is 57.0 Å². The van der Waals surface area contributed by atoms with Gasteiger partial charge in [-0.05, 0) is 22.9 Å². The fourth-order valence-corrected chi connectivity index (χ4v) is 2.62. The molecule has 0 radical (unpaired) electrons. The molecule has 2 heterocycles. The van der Waals surface area contributed by atoms with Crippen molar-refractivity contribution in [2.75, 3.05) is 0 Å². The Morgan fingerprint density at radius 3 is 2.57 bits per heavy atom. The number of hydrogen-bond acceptors (Lipinski definition) is 3. The van der Waals surface area contributed by atoms with E-state index < -0.39 is 0 Å². The van der Waals surface area contributed by atoms with Crippen LogP contribution in [0.4, 0.5) is 0 Å². The lowest BCUT2D eigenvalue weighted by Crippen LogP contribution is -2.11. The van der Waals surface area contributed by atoms with Crippen molar-refractivity contribution < 1.29 is 0 Å². The van der Waals surface area contributed by atoms with Gasteiger partial charge in [0, 0.05) is 18.8 Å². The summed E-state index contributed by atoms with van der Waals surface area (Å²) in [6, 6.07) is 9.61. The zero-order chi connectivity index (χ0) is 15.0. The van der Waals surface area contributed by atoms with Crippen molar-refractivity contribution in [1.82, 2.24) is 19.7 Å². The van der Waals surface area contributed by atoms with Crippen molar-refractivity contribution in [3.63, 3.8) is 0 Å². The molecule has 3 aromatic rings. The maximum Gasteiger partial charge on any atom is 0.266 e. The van der Waals surface area contributed by atoms with Crippen LogP contribution in [-0.4, -0.2) is 19.7 Å². The van der Waals surface area contributed by atoms with Crippen LogP contribution in [0.3, 0.4) is 0 Å². The van der Waals surface area contributed by atoms with Gasteiger partial charge in [0.15, 0.2) is 0 Å². The van der Waals surface area contributed by atoms with E-state index in [4.69, 9.17) is 0 Å². The third-order valence-corrected chi connectivity index (χ3v) is 3.91. The van der Waals surface area contributed by atoms with E-state index in [0.717, 1.165) is 16.8 Å². The molecule has 0 spiro atoms. The van der Waals surface area contributed by atoms with Crippen LogP contribution >= 0.6 is 15.9 Å². The minimum absolute atomic E-state index is 0.206. The van der Waals surface area contributed by atoms with Gasteiger partial charge in [-0.15, -0.1) is 0 Å². The van der Waals surface area contributed by atoms with Crippen molar-refractivity contribution >= 4 is 15.9 Å². The lowest BCUT2D eigenvalue weighted by Gasteiger charge is -2.06. The lowest BCUT2D eigenvalue weighted by molar-refractivity contribution is 0.756. The zero-order valence-electron chi connectivity index (χ0n) is 11.6. The molecule has 0 aliphatic carbocycles. The number of rotatable bonds is 2. The Balaban J connectivity index is 2.24. The molecule has 21 heavy (non-hydrogen) atoms. The summed E-state index contributed by atoms with van der Waals surface area (Å²) in [5.74, 6) is 0.521. The van der Waals surface area contributed by atoms with E-state index >= 15 is 0 Å². The van der Waals surface area contributed by atoms with Crippen LogP contribution in [0.5, 0.6) is 0 Å². The molecule has 0 amide bonds. The van der Waals surface area contributed by atoms with Gasteiger partial charge in [0.1, 0.15) is 10.3 Å². The molecule has 0 fully saturated rings. The van der Waals surface area contributed by atoms with Crippen molar-refractivity contribution in [1.29, 1.82) is 0 Å². The number of aryl methyl sites for hydroxylation is 2. The lowest BCUT2D eigenvalue weighted by atomic mass is 10.1. The van der Waals surface area contributed by atoms with Gasteiger partial charge in [0.25, 0.3) is 5.56 Å². The first kappa shape index (κ1) is 13.8. The molecule has 0 bridgehead atoms. The third kappa shape index (κ3) is 2.54. The summed E-state index contributed by atoms with van der Waals surface area (Å²) in [5, 5.41) is 4.28. The van der Waals surface area contributed by atoms with Gasteiger partial charge in [0.05, 0.1) is 17.0 Å². The summed E-state index contributed by atoms with van der Waals surface area (Å²) in [4.78, 5) is 19.5. The van der Waals surface area contributed by atoms with Gasteiger partial charge in [-0.2, -0.15) is 5.10 Å². The molecule has 1 N–H and O–H groups in total. The Labute approximate surface area is 129 Å². The van der Waals surface area contributed by atoms with Crippen LogP contribution in [0, 0.1) is 6.92 Å². The van der Waals surface area contributed by atoms with Crippen molar-refractivity contribution in [2.45, 2.75) is 6.92 Å². The van der Waals surface area contributed by atoms with Crippen LogP contribution in [-0.2, 0) is 7.05 Å². The summed E-state index contributed by atoms with van der Waals surface area (Å²) < 4.78 is 2.13. The molecule has 0 aliphatic rings. The van der Waals surface area contributed by atoms with Crippen LogP contribution in [0.15, 0.2) is 45.8 Å². The SMILES string of the molecule is Cc1nn(C)cc1-c1nc(-c2ccccc2)c(Br)c(=O)[nH]1. The van der Waals surface area contributed by atoms with Crippen LogP contribution in [0.1, 0.15) is 5.69 Å². The van der Waals surface area contributed by atoms with Gasteiger partial charge in [-0.3, -0.25) is 9.48 Å². The Hall–Kier alpha value is -2.21. The molecule has 1 aromatic carbocycles. The highest BCUT2D eigenvalue weighted by atomic mass is 79.9. The molecule has 0 unspecified atom stereocenters. The molecule has 5 nitrogen and oxygen atoms in total. The van der Waals surface area contributed by atoms with Crippen LogP contribution < -0.4 is 5.56 Å². The summed E-state index contributed by atoms with van der Waals surface area (Å²) in [7, 11) is 1.84. The van der Waals surface area contributed by atoms with Crippen molar-refractivity contribution in [2.24, 2.45) is 7.05 Å². The van der Waals surface area contributed by atoms with Gasteiger partial charge < -0.3 is 4.98 Å². The molecule has 0 atom stereocenters. The van der Waals surface area contributed by atoms with Gasteiger partial charge in [-0.25, -0.2) is 4.98 Å². The molecular weight excluding hydrogens is 332 g/mol. The second-order valence-corrected chi connectivity index (χ2v) is 5.54. The van der Waals surface area contributed by atoms with E-state index in [-0.39, 0.29) is 5.56 Å². The van der Waals surface area contributed by atoms with E-state index in [0.29, 0.717) is 16.0 Å². The van der Waals surface area contributed by atoms with Gasteiger partial charge in [0.2, 0.25) is 0 Å². The molecule has 106 valence electrons. The Morgan fingerprint density at radius 2 is 1.95 bits per heavy atom. The first-order chi connectivity index (χ1) is 10.1. The second kappa shape index (κ2) is 5.29. The number of aromatic nitrogens is 4. The summed E-state index contributed by atoms with van der Waals surface area (Å²) in [5.41, 5.74) is 2.94. The minimum atomic E-state index is -0.206. The topological polar surface area (TPSA) is 63.6 Å². The van der Waals surface area contributed by atoms with Gasteiger partial charge in [-0.1, -0.05) is 30.3 Å². The number of aromatic amines is 1. The highest BCUT2D eigenvalue weighted by Crippen LogP contribution is 2.26. The first-order valence-electron chi connectivity index (χ1n) is 6.42. The second-order valence-electron chi connectivity index (χ2n) is 4.75. The van der Waals surface area contributed by atoms with E-state index in [1.807, 2.05) is 50.5 Å². The van der Waals surface area contributed by atoms with Gasteiger partial charge >= 0.3 is 0 Å². The van der Waals surface area contributed by atoms with E-state index in [9.17, 15) is 4.79 Å². The Morgan fingerprint density at radius 1 is 1.24 bits per heavy atom. The molecule has 0 saturated heterocycles. The number of benzene rings is 1. The molecule has 3 rings (SSSR count). The standard InChI is InChI=1S/C15H13BrN4O/c1-9-11(8-20(2)19-9)14-17-13(12(16)15(21)18-14)10-6-4-3-5-7-10/h3-8H,1-2H3,(H,17,18,21). The normalized spacial score (nSPS) is 10.8. The average Bonchev–Trinajstić information content (AvgIpc) is 2.81. The number of H-pyrrole nitrogens is 1. The van der Waals surface area contributed by atoms with Crippen LogP contribution in [0.2, 0.25) is 0 Å². The first-order valence-corrected chi connectivity index (χ1v) is 7.21. The van der Waals surface area contributed by atoms with E-state index in [1.54, 1.807) is 4.68 Å². The largest absolute Gasteiger partial charge is 0.305 e. The fraction of sp³-hybridized carbons (Fsp3) is 0.133. The number of halogens is 1. The summed E-state index contributed by atoms with van der Waals surface area (Å²) >= 11 is 3.32. The fourth-order valence-electron chi connectivity index (χ4n) is 2.21. The average molecular weight is 345 g/mol. The van der Waals surface area contributed by atoms with Crippen LogP contribution in [0.25, 0.3) is 22.6 Å². The highest BCUT2D eigenvalue weighted by molar-refractivity contribution is 9.10. The minimum Gasteiger partial charge on any atom is -0.305 e. The maximum atomic E-state index is 12.2. The van der Waals surface area contributed by atoms with E-state index in [1.165, 1.54) is 0 Å². The maximum absolute atomic E-state index is 12.2. The molecule has 0 aliphatic heterocycles.